The summed E-state index contributed by atoms with van der Waals surface area (Å²) in [6.45, 7) is 0. The smallest absolute Gasteiger partial charge is 0.185 e. The number of benzene rings is 3. The Labute approximate surface area is 167 Å². The zero-order chi connectivity index (χ0) is 19.6. The lowest BCUT2D eigenvalue weighted by Gasteiger charge is -2.10. The Bertz CT molecular complexity index is 1280. The van der Waals surface area contributed by atoms with Crippen molar-refractivity contribution in [2.75, 3.05) is 12.4 Å². The Balaban J connectivity index is 1.61. The SMILES string of the molecule is COc1ccc(Cc2nnc3c4ccccc4c(Nc4ccccc4)nn23)cc1. The highest BCUT2D eigenvalue weighted by molar-refractivity contribution is 6.00. The minimum atomic E-state index is 0.626. The number of hydrogen-bond acceptors (Lipinski definition) is 5. The highest BCUT2D eigenvalue weighted by Gasteiger charge is 2.14. The second kappa shape index (κ2) is 7.24. The first-order chi connectivity index (χ1) is 14.3. The van der Waals surface area contributed by atoms with Crippen molar-refractivity contribution in [2.45, 2.75) is 6.42 Å². The molecule has 0 fully saturated rings. The number of aromatic nitrogens is 4. The van der Waals surface area contributed by atoms with Crippen LogP contribution in [0.15, 0.2) is 78.9 Å². The molecule has 0 aliphatic rings. The number of ether oxygens (including phenoxy) is 1. The molecule has 0 bridgehead atoms. The first-order valence-electron chi connectivity index (χ1n) is 9.40. The van der Waals surface area contributed by atoms with E-state index in [2.05, 4.69) is 15.5 Å². The third-order valence-corrected chi connectivity index (χ3v) is 4.89. The molecule has 2 heterocycles. The molecule has 5 rings (SSSR count). The summed E-state index contributed by atoms with van der Waals surface area (Å²) < 4.78 is 7.07. The molecule has 0 saturated heterocycles. The van der Waals surface area contributed by atoms with Gasteiger partial charge in [0.15, 0.2) is 17.3 Å². The number of para-hydroxylation sites is 1. The highest BCUT2D eigenvalue weighted by atomic mass is 16.5. The maximum Gasteiger partial charge on any atom is 0.185 e. The van der Waals surface area contributed by atoms with Crippen LogP contribution >= 0.6 is 0 Å². The Morgan fingerprint density at radius 2 is 1.55 bits per heavy atom. The van der Waals surface area contributed by atoms with Crippen molar-refractivity contribution in [3.05, 3.63) is 90.3 Å². The number of methoxy groups -OCH3 is 1. The van der Waals surface area contributed by atoms with Crippen molar-refractivity contribution in [1.82, 2.24) is 19.8 Å². The summed E-state index contributed by atoms with van der Waals surface area (Å²) in [5.74, 6) is 2.39. The first kappa shape index (κ1) is 17.2. The molecule has 6 heteroatoms. The van der Waals surface area contributed by atoms with Crippen LogP contribution in [0.1, 0.15) is 11.4 Å². The molecule has 2 aromatic heterocycles. The largest absolute Gasteiger partial charge is 0.497 e. The van der Waals surface area contributed by atoms with Crippen LogP contribution in [0, 0.1) is 0 Å². The Morgan fingerprint density at radius 3 is 2.31 bits per heavy atom. The van der Waals surface area contributed by atoms with E-state index in [4.69, 9.17) is 9.84 Å². The molecule has 0 aliphatic carbocycles. The van der Waals surface area contributed by atoms with E-state index in [0.29, 0.717) is 6.42 Å². The van der Waals surface area contributed by atoms with Gasteiger partial charge in [-0.1, -0.05) is 54.6 Å². The number of hydrogen-bond donors (Lipinski definition) is 1. The molecule has 0 aliphatic heterocycles. The Hall–Kier alpha value is -3.93. The molecule has 6 nitrogen and oxygen atoms in total. The lowest BCUT2D eigenvalue weighted by molar-refractivity contribution is 0.414. The average Bonchev–Trinajstić information content (AvgIpc) is 3.18. The standard InChI is InChI=1S/C23H19N5O/c1-29-18-13-11-16(12-14-18)15-21-25-26-23-20-10-6-5-9-19(20)22(27-28(21)23)24-17-7-3-2-4-8-17/h2-14H,15H2,1H3,(H,24,27). The van der Waals surface area contributed by atoms with Gasteiger partial charge >= 0.3 is 0 Å². The van der Waals surface area contributed by atoms with Gasteiger partial charge in [0.05, 0.1) is 7.11 Å². The summed E-state index contributed by atoms with van der Waals surface area (Å²) in [5, 5.41) is 19.1. The van der Waals surface area contributed by atoms with Gasteiger partial charge in [0.25, 0.3) is 0 Å². The first-order valence-corrected chi connectivity index (χ1v) is 9.40. The highest BCUT2D eigenvalue weighted by Crippen LogP contribution is 2.27. The number of rotatable bonds is 5. The molecule has 0 saturated carbocycles. The van der Waals surface area contributed by atoms with Crippen molar-refractivity contribution in [1.29, 1.82) is 0 Å². The molecular formula is C23H19N5O. The fourth-order valence-corrected chi connectivity index (χ4v) is 3.41. The third-order valence-electron chi connectivity index (χ3n) is 4.89. The van der Waals surface area contributed by atoms with Crippen LogP contribution in [0.3, 0.4) is 0 Å². The monoisotopic (exact) mass is 381 g/mol. The molecule has 3 aromatic carbocycles. The van der Waals surface area contributed by atoms with Gasteiger partial charge in [-0.3, -0.25) is 0 Å². The van der Waals surface area contributed by atoms with E-state index in [0.717, 1.165) is 45.1 Å². The van der Waals surface area contributed by atoms with Crippen molar-refractivity contribution >= 4 is 27.9 Å². The number of nitrogens with zero attached hydrogens (tertiary/aromatic N) is 4. The zero-order valence-electron chi connectivity index (χ0n) is 15.9. The van der Waals surface area contributed by atoms with Gasteiger partial charge in [-0.2, -0.15) is 4.52 Å². The van der Waals surface area contributed by atoms with Gasteiger partial charge < -0.3 is 10.1 Å². The Morgan fingerprint density at radius 1 is 0.828 bits per heavy atom. The summed E-state index contributed by atoms with van der Waals surface area (Å²) in [7, 11) is 1.66. The molecule has 5 aromatic rings. The zero-order valence-corrected chi connectivity index (χ0v) is 15.9. The lowest BCUT2D eigenvalue weighted by atomic mass is 10.1. The van der Waals surface area contributed by atoms with Crippen LogP contribution in [0.5, 0.6) is 5.75 Å². The lowest BCUT2D eigenvalue weighted by Crippen LogP contribution is -2.04. The van der Waals surface area contributed by atoms with Gasteiger partial charge in [0.2, 0.25) is 0 Å². The minimum absolute atomic E-state index is 0.626. The predicted molar refractivity (Wildman–Crippen MR) is 114 cm³/mol. The number of nitrogens with one attached hydrogen (secondary N) is 1. The molecule has 0 amide bonds. The van der Waals surface area contributed by atoms with Crippen LogP contribution in [0.25, 0.3) is 16.4 Å². The van der Waals surface area contributed by atoms with Gasteiger partial charge in [-0.05, 0) is 29.8 Å². The van der Waals surface area contributed by atoms with E-state index >= 15 is 0 Å². The summed E-state index contributed by atoms with van der Waals surface area (Å²) in [4.78, 5) is 0. The molecule has 29 heavy (non-hydrogen) atoms. The molecule has 0 unspecified atom stereocenters. The number of anilines is 2. The van der Waals surface area contributed by atoms with Crippen LogP contribution in [0.4, 0.5) is 11.5 Å². The van der Waals surface area contributed by atoms with Crippen molar-refractivity contribution in [3.8, 4) is 5.75 Å². The van der Waals surface area contributed by atoms with Gasteiger partial charge in [0.1, 0.15) is 5.75 Å². The maximum absolute atomic E-state index is 5.24. The second-order valence-electron chi connectivity index (χ2n) is 6.76. The summed E-state index contributed by atoms with van der Waals surface area (Å²) >= 11 is 0. The number of fused-ring (bicyclic) bond motifs is 3. The topological polar surface area (TPSA) is 64.3 Å². The quantitative estimate of drug-likeness (QED) is 0.481. The van der Waals surface area contributed by atoms with Crippen molar-refractivity contribution in [2.24, 2.45) is 0 Å². The molecule has 0 atom stereocenters. The average molecular weight is 381 g/mol. The maximum atomic E-state index is 5.24. The molecule has 0 spiro atoms. The predicted octanol–water partition coefficient (Wildman–Crippen LogP) is 4.62. The van der Waals surface area contributed by atoms with Gasteiger partial charge in [-0.25, -0.2) is 0 Å². The third kappa shape index (κ3) is 3.25. The van der Waals surface area contributed by atoms with E-state index in [1.54, 1.807) is 7.11 Å². The molecule has 1 N–H and O–H groups in total. The second-order valence-corrected chi connectivity index (χ2v) is 6.76. The van der Waals surface area contributed by atoms with Crippen molar-refractivity contribution in [3.63, 3.8) is 0 Å². The van der Waals surface area contributed by atoms with Crippen LogP contribution in [-0.2, 0) is 6.42 Å². The van der Waals surface area contributed by atoms with E-state index in [-0.39, 0.29) is 0 Å². The van der Waals surface area contributed by atoms with E-state index < -0.39 is 0 Å². The van der Waals surface area contributed by atoms with Crippen LogP contribution < -0.4 is 10.1 Å². The van der Waals surface area contributed by atoms with Crippen molar-refractivity contribution < 1.29 is 4.74 Å². The molecular weight excluding hydrogens is 362 g/mol. The van der Waals surface area contributed by atoms with Crippen LogP contribution in [0.2, 0.25) is 0 Å². The fourth-order valence-electron chi connectivity index (χ4n) is 3.41. The van der Waals surface area contributed by atoms with E-state index in [9.17, 15) is 0 Å². The summed E-state index contributed by atoms with van der Waals surface area (Å²) in [6.07, 6.45) is 0.626. The van der Waals surface area contributed by atoms with Gasteiger partial charge in [-0.15, -0.1) is 15.3 Å². The minimum Gasteiger partial charge on any atom is -0.497 e. The summed E-state index contributed by atoms with van der Waals surface area (Å²) in [5.41, 5.74) is 2.85. The van der Waals surface area contributed by atoms with E-state index in [1.807, 2.05) is 83.4 Å². The van der Waals surface area contributed by atoms with E-state index in [1.165, 1.54) is 0 Å². The molecule has 0 radical (unpaired) electrons. The fraction of sp³-hybridized carbons (Fsp3) is 0.0870. The summed E-state index contributed by atoms with van der Waals surface area (Å²) in [6, 6.07) is 26.1. The molecule has 142 valence electrons. The Kier molecular flexibility index (Phi) is 4.29. The van der Waals surface area contributed by atoms with Crippen LogP contribution in [-0.4, -0.2) is 26.9 Å². The normalized spacial score (nSPS) is 11.1. The van der Waals surface area contributed by atoms with Gasteiger partial charge in [0, 0.05) is 22.9 Å².